The summed E-state index contributed by atoms with van der Waals surface area (Å²) in [4.78, 5) is 0. The zero-order valence-electron chi connectivity index (χ0n) is 10.9. The summed E-state index contributed by atoms with van der Waals surface area (Å²) in [5, 5.41) is 0. The van der Waals surface area contributed by atoms with Crippen molar-refractivity contribution in [1.82, 2.24) is 0 Å². The van der Waals surface area contributed by atoms with Crippen molar-refractivity contribution in [2.75, 3.05) is 0 Å². The van der Waals surface area contributed by atoms with Gasteiger partial charge in [-0.15, -0.1) is 0 Å². The van der Waals surface area contributed by atoms with Gasteiger partial charge in [-0.25, -0.2) is 0 Å². The van der Waals surface area contributed by atoms with Gasteiger partial charge in [0.25, 0.3) is 0 Å². The first kappa shape index (κ1) is 12.1. The van der Waals surface area contributed by atoms with Crippen LogP contribution in [-0.2, 0) is 0 Å². The molecule has 0 nitrogen and oxygen atoms in total. The normalized spacial score (nSPS) is 38.4. The standard InChI is InChI=1S/C12H22.C2H6/c1-8(2)10-6-5-9-7-11(10)12(9,3)4;1-2/h8-11H,5-7H2,1-4H3;1-2H3. The topological polar surface area (TPSA) is 0 Å². The third kappa shape index (κ3) is 1.73. The van der Waals surface area contributed by atoms with E-state index in [2.05, 4.69) is 27.7 Å². The first-order valence-corrected chi connectivity index (χ1v) is 6.53. The summed E-state index contributed by atoms with van der Waals surface area (Å²) in [6, 6.07) is 0. The fourth-order valence-electron chi connectivity index (χ4n) is 3.67. The van der Waals surface area contributed by atoms with Crippen molar-refractivity contribution in [3.05, 3.63) is 0 Å². The lowest BCUT2D eigenvalue weighted by Crippen LogP contribution is -2.53. The molecule has 0 saturated heterocycles. The number of hydrogen-bond donors (Lipinski definition) is 0. The Morgan fingerprint density at radius 2 is 1.64 bits per heavy atom. The average Bonchev–Trinajstić information content (AvgIpc) is 2.20. The molecule has 3 rings (SSSR count). The third-order valence-electron chi connectivity index (χ3n) is 4.77. The van der Waals surface area contributed by atoms with Gasteiger partial charge in [0.1, 0.15) is 0 Å². The Balaban J connectivity index is 0.000000461. The summed E-state index contributed by atoms with van der Waals surface area (Å²) >= 11 is 0. The van der Waals surface area contributed by atoms with Crippen LogP contribution in [0.3, 0.4) is 0 Å². The van der Waals surface area contributed by atoms with E-state index < -0.39 is 0 Å². The van der Waals surface area contributed by atoms with Crippen LogP contribution < -0.4 is 0 Å². The second-order valence-corrected chi connectivity index (χ2v) is 5.85. The van der Waals surface area contributed by atoms with Crippen molar-refractivity contribution >= 4 is 0 Å². The summed E-state index contributed by atoms with van der Waals surface area (Å²) in [7, 11) is 0. The van der Waals surface area contributed by atoms with Crippen molar-refractivity contribution in [3.8, 4) is 0 Å². The molecule has 0 amide bonds. The fraction of sp³-hybridized carbons (Fsp3) is 1.00. The first-order valence-electron chi connectivity index (χ1n) is 6.53. The molecular weight excluding hydrogens is 168 g/mol. The number of rotatable bonds is 1. The zero-order chi connectivity index (χ0) is 10.9. The monoisotopic (exact) mass is 196 g/mol. The van der Waals surface area contributed by atoms with Crippen molar-refractivity contribution in [1.29, 1.82) is 0 Å². The Labute approximate surface area is 90.5 Å². The quantitative estimate of drug-likeness (QED) is 0.568. The lowest BCUT2D eigenvalue weighted by atomic mass is 9.44. The number of fused-ring (bicyclic) bond motifs is 2. The van der Waals surface area contributed by atoms with Gasteiger partial charge in [-0.3, -0.25) is 0 Å². The van der Waals surface area contributed by atoms with Gasteiger partial charge in [-0.2, -0.15) is 0 Å². The Kier molecular flexibility index (Phi) is 3.66. The van der Waals surface area contributed by atoms with Crippen LogP contribution in [0.4, 0.5) is 0 Å². The molecule has 3 aliphatic carbocycles. The highest BCUT2D eigenvalue weighted by molar-refractivity contribution is 5.03. The number of hydrogen-bond acceptors (Lipinski definition) is 0. The maximum atomic E-state index is 2.49. The molecule has 3 aliphatic rings. The highest BCUT2D eigenvalue weighted by atomic mass is 14.6. The predicted octanol–water partition coefficient (Wildman–Crippen LogP) is 4.74. The molecule has 0 aromatic carbocycles. The van der Waals surface area contributed by atoms with E-state index in [0.29, 0.717) is 5.41 Å². The first-order chi connectivity index (χ1) is 6.53. The molecule has 3 fully saturated rings. The second kappa shape index (κ2) is 4.24. The van der Waals surface area contributed by atoms with Gasteiger partial charge in [-0.05, 0) is 48.3 Å². The molecule has 0 aliphatic heterocycles. The molecule has 3 atom stereocenters. The SMILES string of the molecule is CC.CC(C)C1CCC2CC1C2(C)C. The summed E-state index contributed by atoms with van der Waals surface area (Å²) in [5.41, 5.74) is 0.688. The van der Waals surface area contributed by atoms with Crippen LogP contribution in [0.15, 0.2) is 0 Å². The maximum Gasteiger partial charge on any atom is -0.0295 e. The van der Waals surface area contributed by atoms with Crippen molar-refractivity contribution in [3.63, 3.8) is 0 Å². The van der Waals surface area contributed by atoms with Gasteiger partial charge in [0.2, 0.25) is 0 Å². The highest BCUT2D eigenvalue weighted by Crippen LogP contribution is 2.62. The molecular formula is C14H28. The Hall–Kier alpha value is 0. The lowest BCUT2D eigenvalue weighted by molar-refractivity contribution is -0.117. The zero-order valence-corrected chi connectivity index (χ0v) is 10.9. The minimum atomic E-state index is 0.688. The summed E-state index contributed by atoms with van der Waals surface area (Å²) in [6.45, 7) is 13.8. The molecule has 0 radical (unpaired) electrons. The van der Waals surface area contributed by atoms with E-state index >= 15 is 0 Å². The molecule has 0 spiro atoms. The summed E-state index contributed by atoms with van der Waals surface area (Å²) in [5.74, 6) is 4.06. The van der Waals surface area contributed by atoms with Gasteiger partial charge in [0.05, 0.1) is 0 Å². The van der Waals surface area contributed by atoms with Gasteiger partial charge in [-0.1, -0.05) is 41.5 Å². The van der Waals surface area contributed by atoms with E-state index in [9.17, 15) is 0 Å². The second-order valence-electron chi connectivity index (χ2n) is 5.85. The van der Waals surface area contributed by atoms with E-state index in [4.69, 9.17) is 0 Å². The third-order valence-corrected chi connectivity index (χ3v) is 4.77. The van der Waals surface area contributed by atoms with Crippen molar-refractivity contribution in [2.45, 2.75) is 60.8 Å². The van der Waals surface area contributed by atoms with Gasteiger partial charge >= 0.3 is 0 Å². The van der Waals surface area contributed by atoms with E-state index in [1.165, 1.54) is 19.3 Å². The summed E-state index contributed by atoms with van der Waals surface area (Å²) in [6.07, 6.45) is 4.55. The average molecular weight is 196 g/mol. The minimum absolute atomic E-state index is 0.688. The Bertz CT molecular complexity index is 174. The van der Waals surface area contributed by atoms with Gasteiger partial charge in [0, 0.05) is 0 Å². The Morgan fingerprint density at radius 1 is 1.07 bits per heavy atom. The molecule has 14 heavy (non-hydrogen) atoms. The van der Waals surface area contributed by atoms with E-state index in [-0.39, 0.29) is 0 Å². The van der Waals surface area contributed by atoms with Crippen LogP contribution in [0, 0.1) is 29.1 Å². The molecule has 0 heterocycles. The van der Waals surface area contributed by atoms with Gasteiger partial charge < -0.3 is 0 Å². The molecule has 0 N–H and O–H groups in total. The van der Waals surface area contributed by atoms with Crippen LogP contribution in [-0.4, -0.2) is 0 Å². The molecule has 0 aromatic rings. The van der Waals surface area contributed by atoms with Crippen molar-refractivity contribution in [2.24, 2.45) is 29.1 Å². The van der Waals surface area contributed by atoms with Crippen LogP contribution in [0.25, 0.3) is 0 Å². The van der Waals surface area contributed by atoms with Crippen LogP contribution >= 0.6 is 0 Å². The molecule has 3 saturated carbocycles. The molecule has 2 bridgehead atoms. The highest BCUT2D eigenvalue weighted by Gasteiger charge is 2.54. The van der Waals surface area contributed by atoms with E-state index in [0.717, 1.165) is 23.7 Å². The molecule has 3 unspecified atom stereocenters. The van der Waals surface area contributed by atoms with Crippen LogP contribution in [0.2, 0.25) is 0 Å². The molecule has 84 valence electrons. The van der Waals surface area contributed by atoms with Crippen molar-refractivity contribution < 1.29 is 0 Å². The minimum Gasteiger partial charge on any atom is -0.0683 e. The van der Waals surface area contributed by atoms with Crippen LogP contribution in [0.5, 0.6) is 0 Å². The Morgan fingerprint density at radius 3 is 1.93 bits per heavy atom. The van der Waals surface area contributed by atoms with E-state index in [1.54, 1.807) is 0 Å². The van der Waals surface area contributed by atoms with Gasteiger partial charge in [0.15, 0.2) is 0 Å². The maximum absolute atomic E-state index is 2.49. The predicted molar refractivity (Wildman–Crippen MR) is 64.3 cm³/mol. The smallest absolute Gasteiger partial charge is 0.0295 e. The lowest BCUT2D eigenvalue weighted by Gasteiger charge is -2.61. The fourth-order valence-corrected chi connectivity index (χ4v) is 3.67. The largest absolute Gasteiger partial charge is 0.0683 e. The summed E-state index contributed by atoms with van der Waals surface area (Å²) < 4.78 is 0. The molecule has 0 heteroatoms. The van der Waals surface area contributed by atoms with Crippen LogP contribution in [0.1, 0.15) is 60.8 Å². The molecule has 0 aromatic heterocycles. The van der Waals surface area contributed by atoms with E-state index in [1.807, 2.05) is 13.8 Å².